The van der Waals surface area contributed by atoms with Gasteiger partial charge < -0.3 is 20.0 Å². The summed E-state index contributed by atoms with van der Waals surface area (Å²) in [5.74, 6) is 1.90. The quantitative estimate of drug-likeness (QED) is 0.623. The number of furan rings is 1. The Bertz CT molecular complexity index is 601. The number of nitrogens with one attached hydrogen (secondary N) is 2. The monoisotopic (exact) mass is 346 g/mol. The second-order valence-electron chi connectivity index (χ2n) is 5.95. The van der Waals surface area contributed by atoms with E-state index in [0.717, 1.165) is 57.2 Å². The average molecular weight is 347 g/mol. The SMILES string of the molecule is CCNC(=NCCc1ccco1)NC1CCN(c2cccs2)CC1. The number of thiophene rings is 1. The third kappa shape index (κ3) is 4.77. The van der Waals surface area contributed by atoms with Crippen LogP contribution in [0.4, 0.5) is 5.00 Å². The van der Waals surface area contributed by atoms with Gasteiger partial charge in [-0.25, -0.2) is 0 Å². The van der Waals surface area contributed by atoms with Crippen molar-refractivity contribution in [1.82, 2.24) is 10.6 Å². The van der Waals surface area contributed by atoms with Gasteiger partial charge in [-0.3, -0.25) is 4.99 Å². The molecule has 2 aromatic rings. The number of anilines is 1. The Morgan fingerprint density at radius 2 is 2.21 bits per heavy atom. The van der Waals surface area contributed by atoms with Gasteiger partial charge in [-0.2, -0.15) is 0 Å². The number of guanidine groups is 1. The van der Waals surface area contributed by atoms with Gasteiger partial charge in [0.05, 0.1) is 11.3 Å². The smallest absolute Gasteiger partial charge is 0.191 e. The van der Waals surface area contributed by atoms with Gasteiger partial charge in [0.1, 0.15) is 5.76 Å². The van der Waals surface area contributed by atoms with Gasteiger partial charge in [-0.15, -0.1) is 11.3 Å². The van der Waals surface area contributed by atoms with Crippen molar-refractivity contribution in [3.63, 3.8) is 0 Å². The zero-order chi connectivity index (χ0) is 16.6. The standard InChI is InChI=1S/C18H26N4OS/c1-2-19-18(20-10-7-16-5-3-13-23-16)21-15-8-11-22(12-9-15)17-6-4-14-24-17/h3-6,13-15H,2,7-12H2,1H3,(H2,19,20,21). The number of piperidine rings is 1. The van der Waals surface area contributed by atoms with Crippen molar-refractivity contribution >= 4 is 22.3 Å². The van der Waals surface area contributed by atoms with Crippen LogP contribution in [0.3, 0.4) is 0 Å². The Labute approximate surface area is 147 Å². The maximum atomic E-state index is 5.36. The molecule has 5 nitrogen and oxygen atoms in total. The molecule has 0 radical (unpaired) electrons. The summed E-state index contributed by atoms with van der Waals surface area (Å²) < 4.78 is 5.36. The minimum Gasteiger partial charge on any atom is -0.469 e. The molecule has 1 saturated heterocycles. The number of nitrogens with zero attached hydrogens (tertiary/aromatic N) is 2. The predicted molar refractivity (Wildman–Crippen MR) is 101 cm³/mol. The molecule has 0 unspecified atom stereocenters. The molecule has 0 saturated carbocycles. The zero-order valence-electron chi connectivity index (χ0n) is 14.2. The molecule has 0 aliphatic carbocycles. The van der Waals surface area contributed by atoms with E-state index in [4.69, 9.17) is 4.42 Å². The second-order valence-corrected chi connectivity index (χ2v) is 6.87. The summed E-state index contributed by atoms with van der Waals surface area (Å²) in [5.41, 5.74) is 0. The number of rotatable bonds is 6. The Morgan fingerprint density at radius 1 is 1.33 bits per heavy atom. The minimum atomic E-state index is 0.489. The van der Waals surface area contributed by atoms with Crippen LogP contribution in [0.25, 0.3) is 0 Å². The summed E-state index contributed by atoms with van der Waals surface area (Å²) in [5, 5.41) is 10.5. The van der Waals surface area contributed by atoms with Crippen LogP contribution in [0.5, 0.6) is 0 Å². The van der Waals surface area contributed by atoms with Crippen LogP contribution in [-0.2, 0) is 6.42 Å². The molecule has 0 aromatic carbocycles. The first-order chi connectivity index (χ1) is 11.8. The number of hydrogen-bond donors (Lipinski definition) is 2. The number of hydrogen-bond acceptors (Lipinski definition) is 4. The Kier molecular flexibility index (Phi) is 6.18. The summed E-state index contributed by atoms with van der Waals surface area (Å²) in [6.07, 6.45) is 4.82. The van der Waals surface area contributed by atoms with Crippen LogP contribution < -0.4 is 15.5 Å². The van der Waals surface area contributed by atoms with Crippen molar-refractivity contribution in [2.24, 2.45) is 4.99 Å². The Morgan fingerprint density at radius 3 is 2.88 bits per heavy atom. The van der Waals surface area contributed by atoms with Gasteiger partial charge in [0.15, 0.2) is 5.96 Å². The Balaban J connectivity index is 1.47. The van der Waals surface area contributed by atoms with E-state index in [1.165, 1.54) is 5.00 Å². The molecule has 24 heavy (non-hydrogen) atoms. The van der Waals surface area contributed by atoms with E-state index in [1.807, 2.05) is 23.5 Å². The molecule has 0 bridgehead atoms. The summed E-state index contributed by atoms with van der Waals surface area (Å²) >= 11 is 1.82. The van der Waals surface area contributed by atoms with E-state index in [1.54, 1.807) is 6.26 Å². The summed E-state index contributed by atoms with van der Waals surface area (Å²) in [6, 6.07) is 8.74. The Hall–Kier alpha value is -1.95. The molecular formula is C18H26N4OS. The second kappa shape index (κ2) is 8.78. The molecule has 1 aliphatic heterocycles. The van der Waals surface area contributed by atoms with Crippen LogP contribution in [0, 0.1) is 0 Å². The maximum Gasteiger partial charge on any atom is 0.191 e. The van der Waals surface area contributed by atoms with Crippen molar-refractivity contribution in [3.05, 3.63) is 41.7 Å². The molecule has 3 heterocycles. The molecule has 0 spiro atoms. The molecule has 2 N–H and O–H groups in total. The fraction of sp³-hybridized carbons (Fsp3) is 0.500. The van der Waals surface area contributed by atoms with Gasteiger partial charge >= 0.3 is 0 Å². The van der Waals surface area contributed by atoms with Gasteiger partial charge in [0.2, 0.25) is 0 Å². The van der Waals surface area contributed by atoms with Crippen molar-refractivity contribution in [2.45, 2.75) is 32.2 Å². The van der Waals surface area contributed by atoms with Gasteiger partial charge in [0, 0.05) is 38.6 Å². The molecule has 0 amide bonds. The van der Waals surface area contributed by atoms with Crippen molar-refractivity contribution < 1.29 is 4.42 Å². The van der Waals surface area contributed by atoms with E-state index in [-0.39, 0.29) is 0 Å². The normalized spacial score (nSPS) is 16.4. The van der Waals surface area contributed by atoms with E-state index >= 15 is 0 Å². The fourth-order valence-electron chi connectivity index (χ4n) is 2.94. The van der Waals surface area contributed by atoms with Crippen molar-refractivity contribution in [2.75, 3.05) is 31.1 Å². The molecule has 6 heteroatoms. The first-order valence-corrected chi connectivity index (χ1v) is 9.59. The topological polar surface area (TPSA) is 52.8 Å². The van der Waals surface area contributed by atoms with Crippen molar-refractivity contribution in [3.8, 4) is 0 Å². The molecule has 2 aromatic heterocycles. The lowest BCUT2D eigenvalue weighted by atomic mass is 10.1. The van der Waals surface area contributed by atoms with Gasteiger partial charge in [-0.05, 0) is 49.4 Å². The van der Waals surface area contributed by atoms with Gasteiger partial charge in [0.25, 0.3) is 0 Å². The molecule has 1 fully saturated rings. The van der Waals surface area contributed by atoms with E-state index in [0.29, 0.717) is 6.04 Å². The van der Waals surface area contributed by atoms with E-state index < -0.39 is 0 Å². The summed E-state index contributed by atoms with van der Waals surface area (Å²) in [4.78, 5) is 7.15. The highest BCUT2D eigenvalue weighted by atomic mass is 32.1. The van der Waals surface area contributed by atoms with Crippen LogP contribution in [0.15, 0.2) is 45.3 Å². The van der Waals surface area contributed by atoms with Crippen LogP contribution in [-0.4, -0.2) is 38.2 Å². The third-order valence-electron chi connectivity index (χ3n) is 4.21. The molecule has 0 atom stereocenters. The minimum absolute atomic E-state index is 0.489. The largest absolute Gasteiger partial charge is 0.469 e. The lowest BCUT2D eigenvalue weighted by Gasteiger charge is -2.33. The van der Waals surface area contributed by atoms with Crippen LogP contribution >= 0.6 is 11.3 Å². The summed E-state index contributed by atoms with van der Waals surface area (Å²) in [6.45, 7) is 5.91. The highest BCUT2D eigenvalue weighted by Crippen LogP contribution is 2.24. The maximum absolute atomic E-state index is 5.36. The predicted octanol–water partition coefficient (Wildman–Crippen LogP) is 3.11. The van der Waals surface area contributed by atoms with E-state index in [2.05, 4.69) is 45.0 Å². The molecule has 130 valence electrons. The number of aliphatic imine (C=N–C) groups is 1. The lowest BCUT2D eigenvalue weighted by molar-refractivity contribution is 0.462. The molecular weight excluding hydrogens is 320 g/mol. The van der Waals surface area contributed by atoms with Crippen LogP contribution in [0.2, 0.25) is 0 Å². The summed E-state index contributed by atoms with van der Waals surface area (Å²) in [7, 11) is 0. The first-order valence-electron chi connectivity index (χ1n) is 8.71. The average Bonchev–Trinajstić information content (AvgIpc) is 3.29. The van der Waals surface area contributed by atoms with E-state index in [9.17, 15) is 0 Å². The molecule has 1 aliphatic rings. The zero-order valence-corrected chi connectivity index (χ0v) is 15.0. The lowest BCUT2D eigenvalue weighted by Crippen LogP contribution is -2.48. The van der Waals surface area contributed by atoms with Gasteiger partial charge in [-0.1, -0.05) is 0 Å². The van der Waals surface area contributed by atoms with Crippen molar-refractivity contribution in [1.29, 1.82) is 0 Å². The highest BCUT2D eigenvalue weighted by Gasteiger charge is 2.20. The molecule has 3 rings (SSSR count). The fourth-order valence-corrected chi connectivity index (χ4v) is 3.73. The van der Waals surface area contributed by atoms with Crippen LogP contribution in [0.1, 0.15) is 25.5 Å². The highest BCUT2D eigenvalue weighted by molar-refractivity contribution is 7.14. The first kappa shape index (κ1) is 16.9. The third-order valence-corrected chi connectivity index (χ3v) is 5.14.